The number of likely N-dealkylation sites (N-methyl/N-ethyl adjacent to an activating group) is 1. The SMILES string of the molecule is CC1CC(CC(=O)N2c3ccccc3NC(=O)c3cscc32)=CCN1C. The van der Waals surface area contributed by atoms with Crippen molar-refractivity contribution in [2.24, 2.45) is 0 Å². The van der Waals surface area contributed by atoms with E-state index in [0.29, 0.717) is 29.4 Å². The third-order valence-corrected chi connectivity index (χ3v) is 5.86. The summed E-state index contributed by atoms with van der Waals surface area (Å²) >= 11 is 1.43. The molecule has 1 aromatic carbocycles. The summed E-state index contributed by atoms with van der Waals surface area (Å²) in [5.74, 6) is -0.173. The Morgan fingerprint density at radius 1 is 1.27 bits per heavy atom. The Labute approximate surface area is 156 Å². The number of anilines is 3. The average molecular weight is 367 g/mol. The van der Waals surface area contributed by atoms with Crippen molar-refractivity contribution in [2.75, 3.05) is 23.8 Å². The molecular formula is C20H21N3O2S. The molecule has 2 aliphatic heterocycles. The summed E-state index contributed by atoms with van der Waals surface area (Å²) in [5, 5.41) is 6.59. The van der Waals surface area contributed by atoms with Crippen molar-refractivity contribution in [1.29, 1.82) is 0 Å². The van der Waals surface area contributed by atoms with Crippen LogP contribution in [0.1, 0.15) is 30.1 Å². The Morgan fingerprint density at radius 2 is 2.08 bits per heavy atom. The largest absolute Gasteiger partial charge is 0.320 e. The van der Waals surface area contributed by atoms with Gasteiger partial charge in [0.2, 0.25) is 5.91 Å². The van der Waals surface area contributed by atoms with Gasteiger partial charge in [0, 0.05) is 29.8 Å². The summed E-state index contributed by atoms with van der Waals surface area (Å²) in [6.07, 6.45) is 3.42. The molecule has 0 aliphatic carbocycles. The molecule has 0 saturated heterocycles. The highest BCUT2D eigenvalue weighted by atomic mass is 32.1. The number of nitrogens with zero attached hydrogens (tertiary/aromatic N) is 2. The Kier molecular flexibility index (Phi) is 4.38. The minimum atomic E-state index is -0.170. The molecule has 1 atom stereocenters. The maximum absolute atomic E-state index is 13.3. The molecule has 1 aromatic heterocycles. The van der Waals surface area contributed by atoms with Crippen LogP contribution in [0, 0.1) is 0 Å². The van der Waals surface area contributed by atoms with E-state index in [0.717, 1.165) is 18.7 Å². The second-order valence-corrected chi connectivity index (χ2v) is 7.65. The lowest BCUT2D eigenvalue weighted by Crippen LogP contribution is -2.34. The molecule has 26 heavy (non-hydrogen) atoms. The van der Waals surface area contributed by atoms with Crippen molar-refractivity contribution < 1.29 is 9.59 Å². The van der Waals surface area contributed by atoms with Gasteiger partial charge in [-0.1, -0.05) is 23.8 Å². The van der Waals surface area contributed by atoms with Crippen molar-refractivity contribution in [2.45, 2.75) is 25.8 Å². The molecule has 134 valence electrons. The highest BCUT2D eigenvalue weighted by molar-refractivity contribution is 7.08. The zero-order valence-electron chi connectivity index (χ0n) is 14.9. The summed E-state index contributed by atoms with van der Waals surface area (Å²) < 4.78 is 0. The molecule has 0 radical (unpaired) electrons. The summed E-state index contributed by atoms with van der Waals surface area (Å²) in [7, 11) is 2.10. The van der Waals surface area contributed by atoms with E-state index in [1.807, 2.05) is 29.6 Å². The molecule has 5 nitrogen and oxygen atoms in total. The van der Waals surface area contributed by atoms with Crippen molar-refractivity contribution in [3.63, 3.8) is 0 Å². The number of hydrogen-bond donors (Lipinski definition) is 1. The van der Waals surface area contributed by atoms with Crippen LogP contribution in [-0.4, -0.2) is 36.3 Å². The molecule has 2 amide bonds. The lowest BCUT2D eigenvalue weighted by molar-refractivity contribution is -0.117. The van der Waals surface area contributed by atoms with E-state index < -0.39 is 0 Å². The lowest BCUT2D eigenvalue weighted by atomic mass is 9.98. The standard InChI is InChI=1S/C20H21N3O2S/c1-13-9-14(7-8-22(13)2)10-19(24)23-17-6-4-3-5-16(17)21-20(25)15-11-26-12-18(15)23/h3-7,11-13H,8-10H2,1-2H3,(H,21,25). The topological polar surface area (TPSA) is 52.7 Å². The van der Waals surface area contributed by atoms with Crippen molar-refractivity contribution in [1.82, 2.24) is 4.90 Å². The van der Waals surface area contributed by atoms with E-state index in [1.54, 1.807) is 10.3 Å². The van der Waals surface area contributed by atoms with Gasteiger partial charge in [-0.05, 0) is 32.5 Å². The van der Waals surface area contributed by atoms with Crippen LogP contribution in [0.15, 0.2) is 46.7 Å². The highest BCUT2D eigenvalue weighted by Gasteiger charge is 2.30. The van der Waals surface area contributed by atoms with Crippen LogP contribution in [0.3, 0.4) is 0 Å². The number of hydrogen-bond acceptors (Lipinski definition) is 4. The number of amides is 2. The van der Waals surface area contributed by atoms with E-state index >= 15 is 0 Å². The maximum atomic E-state index is 13.3. The fourth-order valence-corrected chi connectivity index (χ4v) is 4.28. The van der Waals surface area contributed by atoms with Crippen LogP contribution in [0.25, 0.3) is 0 Å². The van der Waals surface area contributed by atoms with Gasteiger partial charge in [0.05, 0.1) is 22.6 Å². The summed E-state index contributed by atoms with van der Waals surface area (Å²) in [5.41, 5.74) is 3.77. The maximum Gasteiger partial charge on any atom is 0.258 e. The molecule has 6 heteroatoms. The van der Waals surface area contributed by atoms with Gasteiger partial charge in [-0.15, -0.1) is 11.3 Å². The summed E-state index contributed by atoms with van der Waals surface area (Å²) in [6.45, 7) is 3.04. The van der Waals surface area contributed by atoms with E-state index in [1.165, 1.54) is 16.9 Å². The molecular weight excluding hydrogens is 346 g/mol. The van der Waals surface area contributed by atoms with Gasteiger partial charge in [-0.3, -0.25) is 19.4 Å². The van der Waals surface area contributed by atoms with E-state index in [4.69, 9.17) is 0 Å². The Morgan fingerprint density at radius 3 is 2.88 bits per heavy atom. The molecule has 0 fully saturated rings. The number of fused-ring (bicyclic) bond motifs is 2. The molecule has 0 saturated carbocycles. The predicted octanol–water partition coefficient (Wildman–Crippen LogP) is 4.02. The van der Waals surface area contributed by atoms with Crippen LogP contribution >= 0.6 is 11.3 Å². The first kappa shape index (κ1) is 17.0. The Bertz CT molecular complexity index is 902. The molecule has 3 heterocycles. The monoisotopic (exact) mass is 367 g/mol. The average Bonchev–Trinajstić information content (AvgIpc) is 3.05. The van der Waals surface area contributed by atoms with Crippen LogP contribution in [-0.2, 0) is 4.79 Å². The first-order valence-electron chi connectivity index (χ1n) is 8.72. The molecule has 1 unspecified atom stereocenters. The number of rotatable bonds is 2. The normalized spacial score (nSPS) is 19.9. The summed E-state index contributed by atoms with van der Waals surface area (Å²) in [6, 6.07) is 7.89. The third kappa shape index (κ3) is 2.95. The zero-order valence-corrected chi connectivity index (χ0v) is 15.7. The van der Waals surface area contributed by atoms with Crippen LogP contribution in [0.2, 0.25) is 0 Å². The molecule has 2 aliphatic rings. The van der Waals surface area contributed by atoms with Crippen molar-refractivity contribution >= 4 is 40.2 Å². The van der Waals surface area contributed by atoms with Crippen molar-refractivity contribution in [3.8, 4) is 0 Å². The predicted molar refractivity (Wildman–Crippen MR) is 105 cm³/mol. The fourth-order valence-electron chi connectivity index (χ4n) is 3.49. The summed E-state index contributed by atoms with van der Waals surface area (Å²) in [4.78, 5) is 29.8. The van der Waals surface area contributed by atoms with Gasteiger partial charge in [0.1, 0.15) is 0 Å². The van der Waals surface area contributed by atoms with Crippen LogP contribution in [0.5, 0.6) is 0 Å². The number of carbonyl (C=O) groups is 2. The number of para-hydroxylation sites is 2. The highest BCUT2D eigenvalue weighted by Crippen LogP contribution is 2.40. The van der Waals surface area contributed by atoms with Crippen LogP contribution < -0.4 is 10.2 Å². The number of carbonyl (C=O) groups excluding carboxylic acids is 2. The quantitative estimate of drug-likeness (QED) is 0.816. The van der Waals surface area contributed by atoms with Gasteiger partial charge in [0.15, 0.2) is 0 Å². The van der Waals surface area contributed by atoms with Gasteiger partial charge >= 0.3 is 0 Å². The Balaban J connectivity index is 1.71. The smallest absolute Gasteiger partial charge is 0.258 e. The molecule has 1 N–H and O–H groups in total. The minimum Gasteiger partial charge on any atom is -0.320 e. The zero-order chi connectivity index (χ0) is 18.3. The first-order valence-corrected chi connectivity index (χ1v) is 9.66. The lowest BCUT2D eigenvalue weighted by Gasteiger charge is -2.30. The molecule has 0 bridgehead atoms. The van der Waals surface area contributed by atoms with Gasteiger partial charge < -0.3 is 5.32 Å². The van der Waals surface area contributed by atoms with E-state index in [9.17, 15) is 9.59 Å². The minimum absolute atomic E-state index is 0.00315. The molecule has 4 rings (SSSR count). The fraction of sp³-hybridized carbons (Fsp3) is 0.300. The number of benzene rings is 1. The molecule has 2 aromatic rings. The van der Waals surface area contributed by atoms with Gasteiger partial charge in [-0.2, -0.15) is 0 Å². The number of thiophene rings is 1. The van der Waals surface area contributed by atoms with Crippen LogP contribution in [0.4, 0.5) is 17.1 Å². The second kappa shape index (κ2) is 6.70. The van der Waals surface area contributed by atoms with Gasteiger partial charge in [-0.25, -0.2) is 0 Å². The van der Waals surface area contributed by atoms with E-state index in [-0.39, 0.29) is 11.8 Å². The second-order valence-electron chi connectivity index (χ2n) is 6.90. The Hall–Kier alpha value is -2.44. The van der Waals surface area contributed by atoms with Gasteiger partial charge in [0.25, 0.3) is 5.91 Å². The van der Waals surface area contributed by atoms with E-state index in [2.05, 4.69) is 30.3 Å². The van der Waals surface area contributed by atoms with Crippen molar-refractivity contribution in [3.05, 3.63) is 52.2 Å². The number of nitrogens with one attached hydrogen (secondary N) is 1. The molecule has 0 spiro atoms. The third-order valence-electron chi connectivity index (χ3n) is 5.13. The first-order chi connectivity index (χ1) is 12.5.